The normalized spacial score (nSPS) is 26.1. The number of rotatable bonds is 1. The Kier molecular flexibility index (Phi) is 1.70. The number of carbonyl (C=O) groups excluding carboxylic acids is 1. The molecule has 1 nitrogen and oxygen atoms in total. The van der Waals surface area contributed by atoms with Crippen molar-refractivity contribution in [1.29, 1.82) is 0 Å². The van der Waals surface area contributed by atoms with Gasteiger partial charge in [-0.05, 0) is 5.92 Å². The van der Waals surface area contributed by atoms with Crippen LogP contribution in [0.15, 0.2) is 12.2 Å². The topological polar surface area (TPSA) is 17.1 Å². The molecule has 1 aliphatic rings. The van der Waals surface area contributed by atoms with Crippen molar-refractivity contribution < 1.29 is 4.79 Å². The van der Waals surface area contributed by atoms with Crippen LogP contribution in [0.2, 0.25) is 0 Å². The predicted molar refractivity (Wildman–Crippen MR) is 37.1 cm³/mol. The van der Waals surface area contributed by atoms with Crippen molar-refractivity contribution in [2.45, 2.75) is 20.3 Å². The molecule has 0 saturated heterocycles. The van der Waals surface area contributed by atoms with E-state index in [1.54, 1.807) is 0 Å². The minimum atomic E-state index is 0.213. The molecule has 0 aliphatic heterocycles. The summed E-state index contributed by atoms with van der Waals surface area (Å²) >= 11 is 0. The molecule has 0 aromatic carbocycles. The summed E-state index contributed by atoms with van der Waals surface area (Å²) in [5.41, 5.74) is 0. The van der Waals surface area contributed by atoms with Crippen molar-refractivity contribution in [3.05, 3.63) is 12.2 Å². The molecule has 0 N–H and O–H groups in total. The zero-order chi connectivity index (χ0) is 6.85. The standard InChI is InChI=1S/C8H12O/c1-6(2)7-4-3-5-8(7)9/h3-4,6-7H,5H2,1-2H3. The van der Waals surface area contributed by atoms with Gasteiger partial charge in [0, 0.05) is 12.3 Å². The minimum absolute atomic E-state index is 0.213. The van der Waals surface area contributed by atoms with Gasteiger partial charge in [-0.1, -0.05) is 26.0 Å². The Morgan fingerprint density at radius 2 is 2.33 bits per heavy atom. The number of carbonyl (C=O) groups is 1. The van der Waals surface area contributed by atoms with Gasteiger partial charge in [-0.3, -0.25) is 4.79 Å². The Labute approximate surface area is 55.8 Å². The highest BCUT2D eigenvalue weighted by molar-refractivity contribution is 5.86. The lowest BCUT2D eigenvalue weighted by atomic mass is 9.95. The maximum absolute atomic E-state index is 11.0. The first-order chi connectivity index (χ1) is 4.22. The van der Waals surface area contributed by atoms with Crippen molar-refractivity contribution in [2.24, 2.45) is 11.8 Å². The summed E-state index contributed by atoms with van der Waals surface area (Å²) in [4.78, 5) is 11.0. The molecule has 50 valence electrons. The summed E-state index contributed by atoms with van der Waals surface area (Å²) in [6.07, 6.45) is 4.64. The Morgan fingerprint density at radius 3 is 2.56 bits per heavy atom. The highest BCUT2D eigenvalue weighted by Gasteiger charge is 2.21. The molecule has 0 fully saturated rings. The largest absolute Gasteiger partial charge is 0.299 e. The summed E-state index contributed by atoms with van der Waals surface area (Å²) in [5.74, 6) is 1.08. The lowest BCUT2D eigenvalue weighted by Gasteiger charge is -2.08. The summed E-state index contributed by atoms with van der Waals surface area (Å²) in [7, 11) is 0. The quantitative estimate of drug-likeness (QED) is 0.487. The number of allylic oxidation sites excluding steroid dienone is 2. The van der Waals surface area contributed by atoms with Gasteiger partial charge in [0.05, 0.1) is 0 Å². The van der Waals surface area contributed by atoms with Gasteiger partial charge in [-0.2, -0.15) is 0 Å². The second-order valence-electron chi connectivity index (χ2n) is 2.87. The third-order valence-electron chi connectivity index (χ3n) is 1.75. The van der Waals surface area contributed by atoms with Crippen LogP contribution in [-0.4, -0.2) is 5.78 Å². The zero-order valence-electron chi connectivity index (χ0n) is 5.92. The second-order valence-corrected chi connectivity index (χ2v) is 2.87. The monoisotopic (exact) mass is 124 g/mol. The molecule has 0 radical (unpaired) electrons. The van der Waals surface area contributed by atoms with E-state index in [1.807, 2.05) is 12.2 Å². The van der Waals surface area contributed by atoms with E-state index in [1.165, 1.54) is 0 Å². The minimum Gasteiger partial charge on any atom is -0.299 e. The van der Waals surface area contributed by atoms with E-state index in [9.17, 15) is 4.79 Å². The highest BCUT2D eigenvalue weighted by atomic mass is 16.1. The molecule has 1 unspecified atom stereocenters. The van der Waals surface area contributed by atoms with E-state index in [4.69, 9.17) is 0 Å². The molecule has 1 aliphatic carbocycles. The Bertz CT molecular complexity index is 145. The SMILES string of the molecule is CC(C)C1C=CCC1=O. The van der Waals surface area contributed by atoms with Crippen molar-refractivity contribution >= 4 is 5.78 Å². The van der Waals surface area contributed by atoms with Gasteiger partial charge in [0.2, 0.25) is 0 Å². The van der Waals surface area contributed by atoms with E-state index in [0.717, 1.165) is 0 Å². The first-order valence-electron chi connectivity index (χ1n) is 3.41. The van der Waals surface area contributed by atoms with Crippen molar-refractivity contribution in [3.8, 4) is 0 Å². The van der Waals surface area contributed by atoms with Gasteiger partial charge in [-0.25, -0.2) is 0 Å². The molecule has 1 heteroatoms. The average Bonchev–Trinajstić information content (AvgIpc) is 2.13. The van der Waals surface area contributed by atoms with Gasteiger partial charge in [0.15, 0.2) is 0 Å². The average molecular weight is 124 g/mol. The fourth-order valence-corrected chi connectivity index (χ4v) is 1.17. The fourth-order valence-electron chi connectivity index (χ4n) is 1.17. The third-order valence-corrected chi connectivity index (χ3v) is 1.75. The molecular formula is C8H12O. The second kappa shape index (κ2) is 2.34. The molecule has 0 aromatic heterocycles. The van der Waals surface area contributed by atoms with Crippen molar-refractivity contribution in [1.82, 2.24) is 0 Å². The molecule has 0 spiro atoms. The molecule has 0 bridgehead atoms. The molecule has 0 aromatic rings. The number of hydrogen-bond donors (Lipinski definition) is 0. The van der Waals surface area contributed by atoms with Crippen LogP contribution in [0, 0.1) is 11.8 Å². The maximum atomic E-state index is 11.0. The Hall–Kier alpha value is -0.590. The molecule has 1 rings (SSSR count). The molecular weight excluding hydrogens is 112 g/mol. The highest BCUT2D eigenvalue weighted by Crippen LogP contribution is 2.20. The molecule has 1 atom stereocenters. The predicted octanol–water partition coefficient (Wildman–Crippen LogP) is 1.79. The third kappa shape index (κ3) is 1.21. The molecule has 0 heterocycles. The van der Waals surface area contributed by atoms with Crippen molar-refractivity contribution in [2.75, 3.05) is 0 Å². The number of Topliss-reactive ketones (excluding diaryl/α,β-unsaturated/α-hetero) is 1. The Morgan fingerprint density at radius 1 is 1.67 bits per heavy atom. The number of ketones is 1. The summed E-state index contributed by atoms with van der Waals surface area (Å²) in [5, 5.41) is 0. The lowest BCUT2D eigenvalue weighted by molar-refractivity contribution is -0.120. The van der Waals surface area contributed by atoms with Crippen LogP contribution in [0.1, 0.15) is 20.3 Å². The van der Waals surface area contributed by atoms with Crippen LogP contribution in [0.3, 0.4) is 0 Å². The Balaban J connectivity index is 2.59. The summed E-state index contributed by atoms with van der Waals surface area (Å²) < 4.78 is 0. The van der Waals surface area contributed by atoms with Gasteiger partial charge in [0.1, 0.15) is 5.78 Å². The lowest BCUT2D eigenvalue weighted by Crippen LogP contribution is -2.12. The molecule has 9 heavy (non-hydrogen) atoms. The van der Waals surface area contributed by atoms with Gasteiger partial charge >= 0.3 is 0 Å². The van der Waals surface area contributed by atoms with Crippen LogP contribution in [0.5, 0.6) is 0 Å². The molecule has 0 saturated carbocycles. The summed E-state index contributed by atoms with van der Waals surface area (Å²) in [6, 6.07) is 0. The fraction of sp³-hybridized carbons (Fsp3) is 0.625. The van der Waals surface area contributed by atoms with Crippen LogP contribution in [0.4, 0.5) is 0 Å². The van der Waals surface area contributed by atoms with Crippen LogP contribution in [0.25, 0.3) is 0 Å². The first-order valence-corrected chi connectivity index (χ1v) is 3.41. The van der Waals surface area contributed by atoms with Crippen molar-refractivity contribution in [3.63, 3.8) is 0 Å². The molecule has 0 amide bonds. The van der Waals surface area contributed by atoms with Crippen LogP contribution in [-0.2, 0) is 4.79 Å². The zero-order valence-corrected chi connectivity index (χ0v) is 5.92. The van der Waals surface area contributed by atoms with E-state index in [-0.39, 0.29) is 5.92 Å². The van der Waals surface area contributed by atoms with E-state index in [2.05, 4.69) is 13.8 Å². The van der Waals surface area contributed by atoms with Gasteiger partial charge in [-0.15, -0.1) is 0 Å². The van der Waals surface area contributed by atoms with Crippen LogP contribution >= 0.6 is 0 Å². The first kappa shape index (κ1) is 6.53. The van der Waals surface area contributed by atoms with Crippen LogP contribution < -0.4 is 0 Å². The number of hydrogen-bond acceptors (Lipinski definition) is 1. The van der Waals surface area contributed by atoms with E-state index in [0.29, 0.717) is 18.1 Å². The smallest absolute Gasteiger partial charge is 0.143 e. The van der Waals surface area contributed by atoms with E-state index < -0.39 is 0 Å². The summed E-state index contributed by atoms with van der Waals surface area (Å²) in [6.45, 7) is 4.16. The maximum Gasteiger partial charge on any atom is 0.143 e. The van der Waals surface area contributed by atoms with Gasteiger partial charge < -0.3 is 0 Å². The van der Waals surface area contributed by atoms with Gasteiger partial charge in [0.25, 0.3) is 0 Å². The van der Waals surface area contributed by atoms with E-state index >= 15 is 0 Å².